The van der Waals surface area contributed by atoms with Crippen molar-refractivity contribution in [2.75, 3.05) is 6.61 Å². The van der Waals surface area contributed by atoms with Crippen LogP contribution in [-0.2, 0) is 9.63 Å². The van der Waals surface area contributed by atoms with Gasteiger partial charge in [-0.1, -0.05) is 51.2 Å². The van der Waals surface area contributed by atoms with E-state index in [-0.39, 0.29) is 11.3 Å². The summed E-state index contributed by atoms with van der Waals surface area (Å²) in [4.78, 5) is 17.2. The second-order valence-electron chi connectivity index (χ2n) is 6.93. The second kappa shape index (κ2) is 5.66. The Balaban J connectivity index is 2.04. The van der Waals surface area contributed by atoms with Crippen LogP contribution in [-0.4, -0.2) is 12.4 Å². The van der Waals surface area contributed by atoms with Crippen molar-refractivity contribution in [1.29, 1.82) is 0 Å². The first-order valence-electron chi connectivity index (χ1n) is 7.30. The van der Waals surface area contributed by atoms with E-state index in [1.54, 1.807) is 0 Å². The molecule has 0 radical (unpaired) electrons. The number of hydrogen-bond acceptors (Lipinski definition) is 3. The summed E-state index contributed by atoms with van der Waals surface area (Å²) in [5, 5.41) is 0. The summed E-state index contributed by atoms with van der Waals surface area (Å²) in [6.07, 6.45) is 13.4. The van der Waals surface area contributed by atoms with Gasteiger partial charge >= 0.3 is 0 Å². The first-order chi connectivity index (χ1) is 9.36. The molecule has 2 atom stereocenters. The first-order valence-corrected chi connectivity index (χ1v) is 7.30. The van der Waals surface area contributed by atoms with Gasteiger partial charge in [0.1, 0.15) is 5.78 Å². The van der Waals surface area contributed by atoms with E-state index < -0.39 is 5.41 Å². The number of hydrogen-bond donors (Lipinski definition) is 1. The summed E-state index contributed by atoms with van der Waals surface area (Å²) < 4.78 is 0. The van der Waals surface area contributed by atoms with E-state index in [2.05, 4.69) is 44.2 Å². The first kappa shape index (κ1) is 15.2. The molecule has 3 heteroatoms. The van der Waals surface area contributed by atoms with E-state index in [9.17, 15) is 4.79 Å². The number of nitrogens with two attached hydrogens (primary N) is 1. The summed E-state index contributed by atoms with van der Waals surface area (Å²) in [7, 11) is 0. The van der Waals surface area contributed by atoms with Crippen LogP contribution < -0.4 is 5.90 Å². The highest BCUT2D eigenvalue weighted by atomic mass is 16.6. The lowest BCUT2D eigenvalue weighted by Gasteiger charge is -2.21. The molecule has 2 aliphatic carbocycles. The Labute approximate surface area is 121 Å². The molecule has 0 bridgehead atoms. The zero-order valence-electron chi connectivity index (χ0n) is 12.7. The molecular weight excluding hydrogens is 250 g/mol. The number of Topliss-reactive ketones (excluding diaryl/α,β-unsaturated/α-hetero) is 1. The van der Waals surface area contributed by atoms with E-state index in [0.717, 1.165) is 19.3 Å². The van der Waals surface area contributed by atoms with E-state index in [0.29, 0.717) is 12.4 Å². The molecule has 3 nitrogen and oxygen atoms in total. The van der Waals surface area contributed by atoms with Crippen molar-refractivity contribution in [1.82, 2.24) is 0 Å². The van der Waals surface area contributed by atoms with Gasteiger partial charge in [-0.05, 0) is 24.8 Å². The molecule has 2 rings (SSSR count). The van der Waals surface area contributed by atoms with Gasteiger partial charge in [0, 0.05) is 11.3 Å². The minimum absolute atomic E-state index is 0.0832. The molecule has 0 saturated heterocycles. The largest absolute Gasteiger partial charge is 0.304 e. The van der Waals surface area contributed by atoms with E-state index in [4.69, 9.17) is 10.7 Å². The molecule has 0 heterocycles. The molecule has 0 aromatic rings. The summed E-state index contributed by atoms with van der Waals surface area (Å²) in [6.45, 7) is 6.63. The number of rotatable bonds is 4. The minimum Gasteiger partial charge on any atom is -0.304 e. The average Bonchev–Trinajstić information content (AvgIpc) is 2.55. The van der Waals surface area contributed by atoms with Crippen molar-refractivity contribution < 1.29 is 9.63 Å². The van der Waals surface area contributed by atoms with Gasteiger partial charge in [0.25, 0.3) is 0 Å². The van der Waals surface area contributed by atoms with Crippen molar-refractivity contribution >= 4 is 5.78 Å². The standard InChI is InChI=1S/C17H25NO2/c1-16(2)8-4-5-13(6-9-16)11-14-7-10-17(3,12-20-18)15(14)19/h4-6,8-9,14H,7,10-12,18H2,1-3H3. The van der Waals surface area contributed by atoms with Crippen molar-refractivity contribution in [2.45, 2.75) is 40.0 Å². The number of ketones is 1. The van der Waals surface area contributed by atoms with Gasteiger partial charge < -0.3 is 4.84 Å². The average molecular weight is 275 g/mol. The molecule has 0 aromatic heterocycles. The van der Waals surface area contributed by atoms with Crippen LogP contribution in [0, 0.1) is 16.7 Å². The molecule has 1 saturated carbocycles. The number of carbonyl (C=O) groups excluding carboxylic acids is 1. The van der Waals surface area contributed by atoms with Crippen LogP contribution in [0.1, 0.15) is 40.0 Å². The van der Waals surface area contributed by atoms with Crippen molar-refractivity contribution in [3.63, 3.8) is 0 Å². The van der Waals surface area contributed by atoms with E-state index >= 15 is 0 Å². The lowest BCUT2D eigenvalue weighted by atomic mass is 9.85. The SMILES string of the molecule is CC1(C)C=CC=C(CC2CCC(C)(CON)C2=O)C=C1. The fraction of sp³-hybridized carbons (Fsp3) is 0.588. The zero-order chi connectivity index (χ0) is 14.8. The Kier molecular flexibility index (Phi) is 4.31. The highest BCUT2D eigenvalue weighted by molar-refractivity contribution is 5.89. The Bertz CT molecular complexity index is 473. The van der Waals surface area contributed by atoms with Crippen LogP contribution in [0.5, 0.6) is 0 Å². The Morgan fingerprint density at radius 1 is 1.35 bits per heavy atom. The molecule has 1 fully saturated rings. The molecule has 0 spiro atoms. The molecule has 2 N–H and O–H groups in total. The van der Waals surface area contributed by atoms with Crippen molar-refractivity contribution in [2.24, 2.45) is 22.6 Å². The fourth-order valence-electron chi connectivity index (χ4n) is 3.04. The van der Waals surface area contributed by atoms with Gasteiger partial charge in [-0.15, -0.1) is 0 Å². The molecule has 0 amide bonds. The van der Waals surface area contributed by atoms with Crippen LogP contribution in [0.25, 0.3) is 0 Å². The van der Waals surface area contributed by atoms with Crippen LogP contribution in [0.2, 0.25) is 0 Å². The molecular formula is C17H25NO2. The van der Waals surface area contributed by atoms with Gasteiger partial charge in [0.05, 0.1) is 12.0 Å². The van der Waals surface area contributed by atoms with Gasteiger partial charge in [-0.2, -0.15) is 0 Å². The Morgan fingerprint density at radius 2 is 2.10 bits per heavy atom. The predicted molar refractivity (Wildman–Crippen MR) is 80.7 cm³/mol. The van der Waals surface area contributed by atoms with Gasteiger partial charge in [-0.3, -0.25) is 4.79 Å². The fourth-order valence-corrected chi connectivity index (χ4v) is 3.04. The second-order valence-corrected chi connectivity index (χ2v) is 6.93. The Hall–Kier alpha value is -1.19. The summed E-state index contributed by atoms with van der Waals surface area (Å²) in [6, 6.07) is 0. The van der Waals surface area contributed by atoms with Gasteiger partial charge in [0.2, 0.25) is 0 Å². The third kappa shape index (κ3) is 3.28. The number of carbonyl (C=O) groups is 1. The molecule has 110 valence electrons. The van der Waals surface area contributed by atoms with Crippen LogP contribution in [0.4, 0.5) is 0 Å². The molecule has 2 aliphatic rings. The van der Waals surface area contributed by atoms with Gasteiger partial charge in [-0.25, -0.2) is 5.90 Å². The van der Waals surface area contributed by atoms with Crippen LogP contribution >= 0.6 is 0 Å². The lowest BCUT2D eigenvalue weighted by Crippen LogP contribution is -2.31. The highest BCUT2D eigenvalue weighted by Gasteiger charge is 2.44. The summed E-state index contributed by atoms with van der Waals surface area (Å²) in [5.41, 5.74) is 0.909. The molecule has 0 aromatic carbocycles. The molecule has 20 heavy (non-hydrogen) atoms. The smallest absolute Gasteiger partial charge is 0.144 e. The van der Waals surface area contributed by atoms with Crippen molar-refractivity contribution in [3.05, 3.63) is 36.0 Å². The van der Waals surface area contributed by atoms with E-state index in [1.807, 2.05) is 6.92 Å². The molecule has 2 unspecified atom stereocenters. The third-order valence-corrected chi connectivity index (χ3v) is 4.46. The predicted octanol–water partition coefficient (Wildman–Crippen LogP) is 3.33. The van der Waals surface area contributed by atoms with Crippen LogP contribution in [0.15, 0.2) is 36.0 Å². The van der Waals surface area contributed by atoms with Gasteiger partial charge in [0.15, 0.2) is 0 Å². The Morgan fingerprint density at radius 3 is 2.80 bits per heavy atom. The summed E-state index contributed by atoms with van der Waals surface area (Å²) >= 11 is 0. The normalized spacial score (nSPS) is 32.3. The maximum absolute atomic E-state index is 12.5. The maximum Gasteiger partial charge on any atom is 0.144 e. The van der Waals surface area contributed by atoms with E-state index in [1.165, 1.54) is 5.57 Å². The lowest BCUT2D eigenvalue weighted by molar-refractivity contribution is -0.131. The number of allylic oxidation sites excluding steroid dienone is 6. The topological polar surface area (TPSA) is 52.3 Å². The quantitative estimate of drug-likeness (QED) is 0.801. The maximum atomic E-state index is 12.5. The van der Waals surface area contributed by atoms with Crippen LogP contribution in [0.3, 0.4) is 0 Å². The molecule has 0 aliphatic heterocycles. The third-order valence-electron chi connectivity index (χ3n) is 4.46. The summed E-state index contributed by atoms with van der Waals surface area (Å²) in [5.74, 6) is 5.55. The monoisotopic (exact) mass is 275 g/mol. The minimum atomic E-state index is -0.399. The highest BCUT2D eigenvalue weighted by Crippen LogP contribution is 2.41. The van der Waals surface area contributed by atoms with Crippen molar-refractivity contribution in [3.8, 4) is 0 Å². The zero-order valence-corrected chi connectivity index (χ0v) is 12.7.